The molecule has 0 aromatic carbocycles. The monoisotopic (exact) mass is 372 g/mol. The first-order valence-electron chi connectivity index (χ1n) is 11.0. The van der Waals surface area contributed by atoms with Crippen molar-refractivity contribution in [2.24, 2.45) is 11.8 Å². The largest absolute Gasteiger partial charge is 0.299 e. The maximum Gasteiger partial charge on any atom is 0.108 e. The van der Waals surface area contributed by atoms with E-state index in [2.05, 4.69) is 79.0 Å². The second-order valence-electron chi connectivity index (χ2n) is 8.40. The summed E-state index contributed by atoms with van der Waals surface area (Å²) in [6, 6.07) is 1.05. The molecule has 0 amide bonds. The zero-order valence-electron chi connectivity index (χ0n) is 19.4. The number of rotatable bonds is 15. The van der Waals surface area contributed by atoms with Crippen LogP contribution >= 0.6 is 0 Å². The summed E-state index contributed by atoms with van der Waals surface area (Å²) in [5, 5.41) is 0. The molecule has 26 heavy (non-hydrogen) atoms. The molecule has 0 fully saturated rings. The molecule has 0 saturated carbocycles. The van der Waals surface area contributed by atoms with Crippen LogP contribution in [0.15, 0.2) is 0 Å². The molecule has 0 spiro atoms. The van der Waals surface area contributed by atoms with Gasteiger partial charge in [-0.2, -0.15) is 0 Å². The van der Waals surface area contributed by atoms with Crippen LogP contribution in [-0.4, -0.2) is 60.3 Å². The van der Waals surface area contributed by atoms with Crippen LogP contribution in [-0.2, 0) is 9.78 Å². The lowest BCUT2D eigenvalue weighted by Crippen LogP contribution is -2.44. The van der Waals surface area contributed by atoms with Gasteiger partial charge in [-0.05, 0) is 52.6 Å². The van der Waals surface area contributed by atoms with E-state index in [0.717, 1.165) is 39.0 Å². The van der Waals surface area contributed by atoms with E-state index in [1.165, 1.54) is 0 Å². The number of likely N-dealkylation sites (N-methyl/N-ethyl adjacent to an activating group) is 2. The maximum absolute atomic E-state index is 6.12. The molecule has 4 unspecified atom stereocenters. The van der Waals surface area contributed by atoms with Crippen molar-refractivity contribution in [3.8, 4) is 0 Å². The zero-order valence-corrected chi connectivity index (χ0v) is 19.4. The third-order valence-electron chi connectivity index (χ3n) is 5.96. The Labute approximate surface area is 164 Å². The second-order valence-corrected chi connectivity index (χ2v) is 8.40. The Morgan fingerprint density at radius 2 is 0.885 bits per heavy atom. The minimum Gasteiger partial charge on any atom is -0.299 e. The summed E-state index contributed by atoms with van der Waals surface area (Å²) in [6.07, 6.45) is 2.43. The van der Waals surface area contributed by atoms with Gasteiger partial charge in [-0.15, -0.1) is 0 Å². The summed E-state index contributed by atoms with van der Waals surface area (Å²) in [5.41, 5.74) is 0. The van der Waals surface area contributed by atoms with E-state index in [-0.39, 0.29) is 12.2 Å². The van der Waals surface area contributed by atoms with Crippen molar-refractivity contribution in [2.75, 3.05) is 26.2 Å². The predicted molar refractivity (Wildman–Crippen MR) is 113 cm³/mol. The quantitative estimate of drug-likeness (QED) is 0.290. The van der Waals surface area contributed by atoms with Gasteiger partial charge in [0, 0.05) is 25.2 Å². The van der Waals surface area contributed by atoms with Gasteiger partial charge in [0.1, 0.15) is 12.2 Å². The van der Waals surface area contributed by atoms with E-state index < -0.39 is 0 Å². The average Bonchev–Trinajstić information content (AvgIpc) is 2.62. The number of hydrogen-bond acceptors (Lipinski definition) is 4. The standard InChI is InChI=1S/C22H48N2O2/c1-11-19(9)21(15-23(13-3)17(5)6)25-26-22(20(10)12-2)16-24(14-4)18(7)8/h17-22H,11-16H2,1-10H3. The first kappa shape index (κ1) is 25.8. The molecule has 0 radical (unpaired) electrons. The fourth-order valence-electron chi connectivity index (χ4n) is 3.15. The molecule has 0 N–H and O–H groups in total. The second kappa shape index (κ2) is 13.9. The molecule has 0 saturated heterocycles. The summed E-state index contributed by atoms with van der Waals surface area (Å²) < 4.78 is 0. The average molecular weight is 373 g/mol. The number of hydrogen-bond donors (Lipinski definition) is 0. The molecule has 0 aliphatic heterocycles. The highest BCUT2D eigenvalue weighted by Gasteiger charge is 2.27. The van der Waals surface area contributed by atoms with Gasteiger partial charge >= 0.3 is 0 Å². The molecule has 0 bridgehead atoms. The normalized spacial score (nSPS) is 17.3. The van der Waals surface area contributed by atoms with Gasteiger partial charge in [0.2, 0.25) is 0 Å². The summed E-state index contributed by atoms with van der Waals surface area (Å²) in [4.78, 5) is 17.2. The van der Waals surface area contributed by atoms with Crippen LogP contribution in [0.4, 0.5) is 0 Å². The molecular formula is C22H48N2O2. The smallest absolute Gasteiger partial charge is 0.108 e. The molecule has 4 heteroatoms. The van der Waals surface area contributed by atoms with Crippen LogP contribution in [0.25, 0.3) is 0 Å². The van der Waals surface area contributed by atoms with Crippen LogP contribution in [0.2, 0.25) is 0 Å². The molecule has 0 heterocycles. The van der Waals surface area contributed by atoms with Gasteiger partial charge in [0.15, 0.2) is 0 Å². The van der Waals surface area contributed by atoms with Gasteiger partial charge in [-0.3, -0.25) is 9.80 Å². The van der Waals surface area contributed by atoms with E-state index in [4.69, 9.17) is 9.78 Å². The van der Waals surface area contributed by atoms with Crippen LogP contribution < -0.4 is 0 Å². The van der Waals surface area contributed by atoms with E-state index in [1.54, 1.807) is 0 Å². The Morgan fingerprint density at radius 3 is 1.08 bits per heavy atom. The van der Waals surface area contributed by atoms with E-state index in [1.807, 2.05) is 0 Å². The Bertz CT molecular complexity index is 304. The fourth-order valence-corrected chi connectivity index (χ4v) is 3.15. The van der Waals surface area contributed by atoms with Crippen molar-refractivity contribution in [3.05, 3.63) is 0 Å². The van der Waals surface area contributed by atoms with E-state index in [9.17, 15) is 0 Å². The van der Waals surface area contributed by atoms with Crippen molar-refractivity contribution in [3.63, 3.8) is 0 Å². The molecular weight excluding hydrogens is 324 g/mol. The van der Waals surface area contributed by atoms with Crippen LogP contribution in [0.3, 0.4) is 0 Å². The molecule has 0 aliphatic rings. The SMILES string of the molecule is CCC(C)C(CN(CC)C(C)C)OOC(CN(CC)C(C)C)C(C)CC. The van der Waals surface area contributed by atoms with Crippen molar-refractivity contribution >= 4 is 0 Å². The van der Waals surface area contributed by atoms with Gasteiger partial charge in [-0.25, -0.2) is 9.78 Å². The molecule has 0 aliphatic carbocycles. The molecule has 0 aromatic heterocycles. The summed E-state index contributed by atoms with van der Waals surface area (Å²) in [5.74, 6) is 0.959. The van der Waals surface area contributed by atoms with E-state index >= 15 is 0 Å². The lowest BCUT2D eigenvalue weighted by Gasteiger charge is -2.35. The molecule has 4 nitrogen and oxygen atoms in total. The Kier molecular flexibility index (Phi) is 13.8. The lowest BCUT2D eigenvalue weighted by atomic mass is 10.0. The lowest BCUT2D eigenvalue weighted by molar-refractivity contribution is -0.368. The third kappa shape index (κ3) is 9.16. The van der Waals surface area contributed by atoms with Gasteiger partial charge in [0.05, 0.1) is 0 Å². The van der Waals surface area contributed by atoms with Crippen LogP contribution in [0, 0.1) is 11.8 Å². The van der Waals surface area contributed by atoms with Crippen LogP contribution in [0.1, 0.15) is 82.1 Å². The first-order valence-corrected chi connectivity index (χ1v) is 11.0. The highest BCUT2D eigenvalue weighted by atomic mass is 17.2. The van der Waals surface area contributed by atoms with Crippen molar-refractivity contribution in [1.82, 2.24) is 9.80 Å². The molecule has 0 aromatic rings. The summed E-state index contributed by atoms with van der Waals surface area (Å²) >= 11 is 0. The molecule has 0 rings (SSSR count). The Hall–Kier alpha value is -0.160. The fraction of sp³-hybridized carbons (Fsp3) is 1.00. The van der Waals surface area contributed by atoms with Gasteiger partial charge < -0.3 is 0 Å². The maximum atomic E-state index is 6.12. The summed E-state index contributed by atoms with van der Waals surface area (Å²) in [7, 11) is 0. The van der Waals surface area contributed by atoms with Gasteiger partial charge in [-0.1, -0.05) is 54.4 Å². The van der Waals surface area contributed by atoms with Crippen molar-refractivity contribution in [1.29, 1.82) is 0 Å². The molecule has 158 valence electrons. The van der Waals surface area contributed by atoms with Crippen molar-refractivity contribution < 1.29 is 9.78 Å². The third-order valence-corrected chi connectivity index (χ3v) is 5.96. The Morgan fingerprint density at radius 1 is 0.577 bits per heavy atom. The van der Waals surface area contributed by atoms with E-state index in [0.29, 0.717) is 23.9 Å². The van der Waals surface area contributed by atoms with Crippen molar-refractivity contribution in [2.45, 2.75) is 106 Å². The predicted octanol–water partition coefficient (Wildman–Crippen LogP) is 5.22. The minimum atomic E-state index is 0.114. The highest BCUT2D eigenvalue weighted by Crippen LogP contribution is 2.20. The Balaban J connectivity index is 5.02. The van der Waals surface area contributed by atoms with Gasteiger partial charge in [0.25, 0.3) is 0 Å². The first-order chi connectivity index (χ1) is 12.2. The summed E-state index contributed by atoms with van der Waals surface area (Å²) in [6.45, 7) is 26.4. The number of nitrogens with zero attached hydrogens (tertiary/aromatic N) is 2. The zero-order chi connectivity index (χ0) is 20.3. The highest BCUT2D eigenvalue weighted by molar-refractivity contribution is 4.74. The minimum absolute atomic E-state index is 0.114. The van der Waals surface area contributed by atoms with Crippen LogP contribution in [0.5, 0.6) is 0 Å². The topological polar surface area (TPSA) is 24.9 Å². The molecule has 4 atom stereocenters.